The van der Waals surface area contributed by atoms with Crippen LogP contribution in [0.1, 0.15) is 44.4 Å². The molecule has 0 aliphatic carbocycles. The largest absolute Gasteiger partial charge is 0.377 e. The SMILES string of the molecule is CCOCc1ccccc1CNS(=O)(=O)c1ccc(C(C)(C)C)cc1. The number of rotatable bonds is 7. The van der Waals surface area contributed by atoms with Crippen LogP contribution < -0.4 is 4.72 Å². The van der Waals surface area contributed by atoms with Gasteiger partial charge in [0.25, 0.3) is 0 Å². The Morgan fingerprint density at radius 3 is 2.12 bits per heavy atom. The monoisotopic (exact) mass is 361 g/mol. The van der Waals surface area contributed by atoms with Crippen LogP contribution in [0.25, 0.3) is 0 Å². The summed E-state index contributed by atoms with van der Waals surface area (Å²) in [5, 5.41) is 0. The highest BCUT2D eigenvalue weighted by atomic mass is 32.2. The van der Waals surface area contributed by atoms with Crippen molar-refractivity contribution in [2.45, 2.75) is 51.2 Å². The van der Waals surface area contributed by atoms with Crippen molar-refractivity contribution in [2.75, 3.05) is 6.61 Å². The molecule has 0 fully saturated rings. The average molecular weight is 362 g/mol. The van der Waals surface area contributed by atoms with Gasteiger partial charge in [-0.05, 0) is 41.2 Å². The predicted molar refractivity (Wildman–Crippen MR) is 101 cm³/mol. The maximum absolute atomic E-state index is 12.5. The van der Waals surface area contributed by atoms with Crippen molar-refractivity contribution < 1.29 is 13.2 Å². The van der Waals surface area contributed by atoms with Crippen LogP contribution in [-0.2, 0) is 33.3 Å². The van der Waals surface area contributed by atoms with Gasteiger partial charge in [0.2, 0.25) is 10.0 Å². The first-order valence-corrected chi connectivity index (χ1v) is 9.97. The van der Waals surface area contributed by atoms with Gasteiger partial charge in [-0.15, -0.1) is 0 Å². The summed E-state index contributed by atoms with van der Waals surface area (Å²) in [5.74, 6) is 0. The lowest BCUT2D eigenvalue weighted by atomic mass is 9.87. The van der Waals surface area contributed by atoms with Crippen LogP contribution in [0, 0.1) is 0 Å². The Labute approximate surface area is 151 Å². The van der Waals surface area contributed by atoms with E-state index in [1.54, 1.807) is 12.1 Å². The molecule has 0 amide bonds. The predicted octanol–water partition coefficient (Wildman–Crippen LogP) is 4.00. The molecule has 0 aromatic heterocycles. The Morgan fingerprint density at radius 1 is 0.960 bits per heavy atom. The summed E-state index contributed by atoms with van der Waals surface area (Å²) >= 11 is 0. The highest BCUT2D eigenvalue weighted by Gasteiger charge is 2.17. The number of hydrogen-bond donors (Lipinski definition) is 1. The first-order chi connectivity index (χ1) is 11.7. The fourth-order valence-electron chi connectivity index (χ4n) is 2.47. The van der Waals surface area contributed by atoms with Gasteiger partial charge < -0.3 is 4.74 Å². The molecule has 5 heteroatoms. The zero-order valence-electron chi connectivity index (χ0n) is 15.4. The van der Waals surface area contributed by atoms with E-state index in [2.05, 4.69) is 25.5 Å². The standard InChI is InChI=1S/C20H27NO3S/c1-5-24-15-17-9-7-6-8-16(17)14-21-25(22,23)19-12-10-18(11-13-19)20(2,3)4/h6-13,21H,5,14-15H2,1-4H3. The normalized spacial score (nSPS) is 12.3. The molecule has 2 rings (SSSR count). The molecule has 0 saturated heterocycles. The van der Waals surface area contributed by atoms with Gasteiger partial charge in [0.15, 0.2) is 0 Å². The van der Waals surface area contributed by atoms with Crippen molar-refractivity contribution in [2.24, 2.45) is 0 Å². The lowest BCUT2D eigenvalue weighted by Gasteiger charge is -2.19. The van der Waals surface area contributed by atoms with E-state index >= 15 is 0 Å². The summed E-state index contributed by atoms with van der Waals surface area (Å²) in [6.07, 6.45) is 0. The van der Waals surface area contributed by atoms with Gasteiger partial charge in [0.05, 0.1) is 11.5 Å². The molecule has 0 bridgehead atoms. The molecule has 4 nitrogen and oxygen atoms in total. The summed E-state index contributed by atoms with van der Waals surface area (Å²) in [6, 6.07) is 14.8. The number of ether oxygens (including phenoxy) is 1. The molecule has 0 saturated carbocycles. The molecule has 2 aromatic rings. The molecule has 136 valence electrons. The second-order valence-electron chi connectivity index (χ2n) is 7.00. The van der Waals surface area contributed by atoms with Gasteiger partial charge in [0.1, 0.15) is 0 Å². The number of nitrogens with one attached hydrogen (secondary N) is 1. The minimum atomic E-state index is -3.55. The van der Waals surface area contributed by atoms with Crippen LogP contribution in [-0.4, -0.2) is 15.0 Å². The molecule has 1 N–H and O–H groups in total. The van der Waals surface area contributed by atoms with Gasteiger partial charge in [-0.1, -0.05) is 57.2 Å². The van der Waals surface area contributed by atoms with Crippen LogP contribution in [0.3, 0.4) is 0 Å². The topological polar surface area (TPSA) is 55.4 Å². The number of benzene rings is 2. The molecular weight excluding hydrogens is 334 g/mol. The molecule has 0 aliphatic heterocycles. The first kappa shape index (κ1) is 19.6. The third-order valence-corrected chi connectivity index (χ3v) is 5.48. The van der Waals surface area contributed by atoms with Crippen molar-refractivity contribution in [3.8, 4) is 0 Å². The quantitative estimate of drug-likeness (QED) is 0.811. The van der Waals surface area contributed by atoms with Crippen molar-refractivity contribution in [3.63, 3.8) is 0 Å². The summed E-state index contributed by atoms with van der Waals surface area (Å²) < 4.78 is 33.2. The van der Waals surface area contributed by atoms with Gasteiger partial charge in [-0.25, -0.2) is 13.1 Å². The highest BCUT2D eigenvalue weighted by molar-refractivity contribution is 7.89. The van der Waals surface area contributed by atoms with Gasteiger partial charge in [-0.3, -0.25) is 0 Å². The Bertz CT molecular complexity index is 790. The fraction of sp³-hybridized carbons (Fsp3) is 0.400. The third-order valence-electron chi connectivity index (χ3n) is 4.06. The van der Waals surface area contributed by atoms with E-state index in [9.17, 15) is 8.42 Å². The maximum Gasteiger partial charge on any atom is 0.240 e. The second-order valence-corrected chi connectivity index (χ2v) is 8.77. The molecule has 0 heterocycles. The van der Waals surface area contributed by atoms with Crippen molar-refractivity contribution in [3.05, 3.63) is 65.2 Å². The Balaban J connectivity index is 2.12. The van der Waals surface area contributed by atoms with E-state index in [-0.39, 0.29) is 16.9 Å². The Morgan fingerprint density at radius 2 is 1.56 bits per heavy atom. The van der Waals surface area contributed by atoms with Gasteiger partial charge >= 0.3 is 0 Å². The van der Waals surface area contributed by atoms with Gasteiger partial charge in [0, 0.05) is 13.2 Å². The smallest absolute Gasteiger partial charge is 0.240 e. The highest BCUT2D eigenvalue weighted by Crippen LogP contribution is 2.23. The summed E-state index contributed by atoms with van der Waals surface area (Å²) in [4.78, 5) is 0.280. The van der Waals surface area contributed by atoms with Crippen LogP contribution in [0.4, 0.5) is 0 Å². The second kappa shape index (κ2) is 8.13. The van der Waals surface area contributed by atoms with E-state index < -0.39 is 10.0 Å². The fourth-order valence-corrected chi connectivity index (χ4v) is 3.48. The zero-order valence-corrected chi connectivity index (χ0v) is 16.2. The molecule has 2 aromatic carbocycles. The van der Waals surface area contributed by atoms with E-state index in [4.69, 9.17) is 4.74 Å². The lowest BCUT2D eigenvalue weighted by molar-refractivity contribution is 0.133. The average Bonchev–Trinajstić information content (AvgIpc) is 2.58. The van der Waals surface area contributed by atoms with Gasteiger partial charge in [-0.2, -0.15) is 0 Å². The minimum absolute atomic E-state index is 0.00601. The summed E-state index contributed by atoms with van der Waals surface area (Å²) in [5.41, 5.74) is 3.02. The van der Waals surface area contributed by atoms with Crippen molar-refractivity contribution >= 4 is 10.0 Å². The molecule has 25 heavy (non-hydrogen) atoms. The van der Waals surface area contributed by atoms with Crippen LogP contribution in [0.5, 0.6) is 0 Å². The number of hydrogen-bond acceptors (Lipinski definition) is 3. The summed E-state index contributed by atoms with van der Waals surface area (Å²) in [6.45, 7) is 9.59. The van der Waals surface area contributed by atoms with E-state index in [1.807, 2.05) is 43.3 Å². The lowest BCUT2D eigenvalue weighted by Crippen LogP contribution is -2.24. The molecular formula is C20H27NO3S. The van der Waals surface area contributed by atoms with Crippen LogP contribution >= 0.6 is 0 Å². The maximum atomic E-state index is 12.5. The van der Waals surface area contributed by atoms with E-state index in [0.717, 1.165) is 16.7 Å². The third kappa shape index (κ3) is 5.39. The molecule has 0 unspecified atom stereocenters. The molecule has 0 spiro atoms. The first-order valence-electron chi connectivity index (χ1n) is 8.49. The van der Waals surface area contributed by atoms with Crippen LogP contribution in [0.2, 0.25) is 0 Å². The molecule has 0 radical (unpaired) electrons. The molecule has 0 aliphatic rings. The van der Waals surface area contributed by atoms with E-state index in [0.29, 0.717) is 13.2 Å². The minimum Gasteiger partial charge on any atom is -0.377 e. The summed E-state index contributed by atoms with van der Waals surface area (Å²) in [7, 11) is -3.55. The Kier molecular flexibility index (Phi) is 6.38. The zero-order chi connectivity index (χ0) is 18.5. The molecule has 0 atom stereocenters. The van der Waals surface area contributed by atoms with Crippen molar-refractivity contribution in [1.82, 2.24) is 4.72 Å². The Hall–Kier alpha value is -1.69. The van der Waals surface area contributed by atoms with Crippen molar-refractivity contribution in [1.29, 1.82) is 0 Å². The van der Waals surface area contributed by atoms with E-state index in [1.165, 1.54) is 0 Å². The van der Waals surface area contributed by atoms with Crippen LogP contribution in [0.15, 0.2) is 53.4 Å². The number of sulfonamides is 1.